The second-order valence-corrected chi connectivity index (χ2v) is 7.76. The van der Waals surface area contributed by atoms with Crippen LogP contribution in [0.2, 0.25) is 0 Å². The molecular weight excluding hydrogens is 354 g/mol. The average molecular weight is 386 g/mol. The summed E-state index contributed by atoms with van der Waals surface area (Å²) in [6, 6.07) is 7.96. The van der Waals surface area contributed by atoms with Crippen LogP contribution in [0.15, 0.2) is 24.3 Å². The fraction of sp³-hybridized carbons (Fsp3) is 0.591. The van der Waals surface area contributed by atoms with Crippen LogP contribution in [0.5, 0.6) is 0 Å². The Kier molecular flexibility index (Phi) is 7.06. The molecule has 28 heavy (non-hydrogen) atoms. The highest BCUT2D eigenvalue weighted by Crippen LogP contribution is 2.25. The molecule has 6 nitrogen and oxygen atoms in total. The number of benzene rings is 1. The topological polar surface area (TPSA) is 69.7 Å². The predicted molar refractivity (Wildman–Crippen MR) is 109 cm³/mol. The van der Waals surface area contributed by atoms with E-state index in [0.29, 0.717) is 26.1 Å². The normalized spacial score (nSPS) is 20.4. The lowest BCUT2D eigenvalue weighted by molar-refractivity contribution is -0.130. The van der Waals surface area contributed by atoms with Crippen molar-refractivity contribution in [2.75, 3.05) is 31.1 Å². The summed E-state index contributed by atoms with van der Waals surface area (Å²) in [7, 11) is 0. The molecule has 6 heteroatoms. The van der Waals surface area contributed by atoms with Crippen LogP contribution in [0.1, 0.15) is 51.0 Å². The van der Waals surface area contributed by atoms with Gasteiger partial charge in [0.05, 0.1) is 5.92 Å². The number of carbonyl (C=O) groups is 3. The summed E-state index contributed by atoms with van der Waals surface area (Å²) < 4.78 is 0. The molecule has 1 aromatic rings. The van der Waals surface area contributed by atoms with E-state index in [-0.39, 0.29) is 30.1 Å². The maximum atomic E-state index is 12.5. The molecule has 1 aromatic carbocycles. The van der Waals surface area contributed by atoms with E-state index in [4.69, 9.17) is 0 Å². The third-order valence-corrected chi connectivity index (χ3v) is 5.73. The number of rotatable bonds is 7. The van der Waals surface area contributed by atoms with Crippen molar-refractivity contribution in [3.8, 4) is 0 Å². The number of anilines is 1. The van der Waals surface area contributed by atoms with Crippen molar-refractivity contribution >= 4 is 23.4 Å². The van der Waals surface area contributed by atoms with Crippen molar-refractivity contribution in [3.05, 3.63) is 29.8 Å². The van der Waals surface area contributed by atoms with Crippen molar-refractivity contribution in [2.45, 2.75) is 51.9 Å². The van der Waals surface area contributed by atoms with Gasteiger partial charge in [-0.3, -0.25) is 14.4 Å². The summed E-state index contributed by atoms with van der Waals surface area (Å²) in [5.74, 6) is -0.143. The van der Waals surface area contributed by atoms with Crippen LogP contribution in [-0.2, 0) is 20.8 Å². The average Bonchev–Trinajstić information content (AvgIpc) is 2.98. The van der Waals surface area contributed by atoms with Gasteiger partial charge in [-0.25, -0.2) is 0 Å². The van der Waals surface area contributed by atoms with Crippen LogP contribution >= 0.6 is 0 Å². The molecule has 2 aliphatic rings. The molecule has 3 rings (SSSR count). The molecule has 0 bridgehead atoms. The number of hydrogen-bond acceptors (Lipinski definition) is 3. The van der Waals surface area contributed by atoms with Gasteiger partial charge in [0.15, 0.2) is 0 Å². The van der Waals surface area contributed by atoms with Crippen LogP contribution in [0.4, 0.5) is 5.69 Å². The van der Waals surface area contributed by atoms with Crippen molar-refractivity contribution < 1.29 is 14.4 Å². The smallest absolute Gasteiger partial charge is 0.227 e. The van der Waals surface area contributed by atoms with Gasteiger partial charge in [0.2, 0.25) is 17.7 Å². The van der Waals surface area contributed by atoms with Gasteiger partial charge in [-0.05, 0) is 43.4 Å². The molecular formula is C22H31N3O3. The number of likely N-dealkylation sites (tertiary alicyclic amines) is 1. The van der Waals surface area contributed by atoms with Gasteiger partial charge in [-0.15, -0.1) is 0 Å². The zero-order valence-corrected chi connectivity index (χ0v) is 16.8. The van der Waals surface area contributed by atoms with Crippen LogP contribution < -0.4 is 10.2 Å². The lowest BCUT2D eigenvalue weighted by atomic mass is 10.1. The van der Waals surface area contributed by atoms with Crippen LogP contribution in [-0.4, -0.2) is 48.8 Å². The number of nitrogens with one attached hydrogen (secondary N) is 1. The van der Waals surface area contributed by atoms with E-state index in [0.717, 1.165) is 44.3 Å². The number of amides is 3. The Hall–Kier alpha value is -2.37. The van der Waals surface area contributed by atoms with Crippen molar-refractivity contribution in [2.24, 2.45) is 5.92 Å². The second kappa shape index (κ2) is 9.71. The second-order valence-electron chi connectivity index (χ2n) is 7.76. The number of carbonyl (C=O) groups excluding carboxylic acids is 3. The summed E-state index contributed by atoms with van der Waals surface area (Å²) in [4.78, 5) is 40.4. The standard InChI is InChI=1S/C22H31N3O3/c1-2-17-8-10-19(11-9-17)25-16-18(15-21(25)27)22(28)23-12-6-14-24-13-5-3-4-7-20(24)26/h8-11,18H,2-7,12-16H2,1H3,(H,23,28). The molecule has 152 valence electrons. The van der Waals surface area contributed by atoms with Crippen molar-refractivity contribution in [3.63, 3.8) is 0 Å². The van der Waals surface area contributed by atoms with E-state index in [9.17, 15) is 14.4 Å². The largest absolute Gasteiger partial charge is 0.356 e. The summed E-state index contributed by atoms with van der Waals surface area (Å²) in [5.41, 5.74) is 2.09. The van der Waals surface area contributed by atoms with Gasteiger partial charge in [0.1, 0.15) is 0 Å². The minimum absolute atomic E-state index is 0.000406. The molecule has 3 amide bonds. The highest BCUT2D eigenvalue weighted by Gasteiger charge is 2.34. The Labute approximate surface area is 167 Å². The molecule has 1 N–H and O–H groups in total. The Balaban J connectivity index is 1.43. The highest BCUT2D eigenvalue weighted by molar-refractivity contribution is 6.00. The summed E-state index contributed by atoms with van der Waals surface area (Å²) in [5, 5.41) is 2.95. The molecule has 1 atom stereocenters. The van der Waals surface area contributed by atoms with Gasteiger partial charge in [-0.1, -0.05) is 25.5 Å². The van der Waals surface area contributed by atoms with E-state index in [2.05, 4.69) is 12.2 Å². The van der Waals surface area contributed by atoms with Gasteiger partial charge in [0, 0.05) is 44.7 Å². The molecule has 0 spiro atoms. The lowest BCUT2D eigenvalue weighted by Crippen LogP contribution is -2.36. The third kappa shape index (κ3) is 5.12. The van der Waals surface area contributed by atoms with E-state index in [1.807, 2.05) is 29.2 Å². The highest BCUT2D eigenvalue weighted by atomic mass is 16.2. The first-order valence-electron chi connectivity index (χ1n) is 10.5. The number of aryl methyl sites for hydroxylation is 1. The first kappa shape index (κ1) is 20.4. The van der Waals surface area contributed by atoms with Crippen LogP contribution in [0.25, 0.3) is 0 Å². The molecule has 2 aliphatic heterocycles. The maximum Gasteiger partial charge on any atom is 0.227 e. The Morgan fingerprint density at radius 1 is 1.11 bits per heavy atom. The van der Waals surface area contributed by atoms with Crippen LogP contribution in [0.3, 0.4) is 0 Å². The third-order valence-electron chi connectivity index (χ3n) is 5.73. The maximum absolute atomic E-state index is 12.5. The van der Waals surface area contributed by atoms with Crippen molar-refractivity contribution in [1.82, 2.24) is 10.2 Å². The summed E-state index contributed by atoms with van der Waals surface area (Å²) in [6.45, 7) is 4.59. The zero-order chi connectivity index (χ0) is 19.9. The van der Waals surface area contributed by atoms with Crippen LogP contribution in [0, 0.1) is 5.92 Å². The number of hydrogen-bond donors (Lipinski definition) is 1. The van der Waals surface area contributed by atoms with Gasteiger partial charge in [0.25, 0.3) is 0 Å². The number of nitrogens with zero attached hydrogens (tertiary/aromatic N) is 2. The molecule has 0 saturated carbocycles. The minimum Gasteiger partial charge on any atom is -0.356 e. The van der Waals surface area contributed by atoms with E-state index < -0.39 is 0 Å². The molecule has 0 radical (unpaired) electrons. The molecule has 0 aromatic heterocycles. The van der Waals surface area contributed by atoms with E-state index >= 15 is 0 Å². The summed E-state index contributed by atoms with van der Waals surface area (Å²) >= 11 is 0. The predicted octanol–water partition coefficient (Wildman–Crippen LogP) is 2.51. The molecule has 1 unspecified atom stereocenters. The molecule has 2 heterocycles. The van der Waals surface area contributed by atoms with Gasteiger partial charge >= 0.3 is 0 Å². The quantitative estimate of drug-likeness (QED) is 0.733. The molecule has 2 saturated heterocycles. The monoisotopic (exact) mass is 385 g/mol. The Morgan fingerprint density at radius 2 is 1.89 bits per heavy atom. The summed E-state index contributed by atoms with van der Waals surface area (Å²) in [6.07, 6.45) is 5.78. The first-order valence-corrected chi connectivity index (χ1v) is 10.5. The van der Waals surface area contributed by atoms with Gasteiger partial charge in [-0.2, -0.15) is 0 Å². The van der Waals surface area contributed by atoms with E-state index in [1.54, 1.807) is 4.90 Å². The van der Waals surface area contributed by atoms with E-state index in [1.165, 1.54) is 5.56 Å². The minimum atomic E-state index is -0.307. The van der Waals surface area contributed by atoms with Gasteiger partial charge < -0.3 is 15.1 Å². The zero-order valence-electron chi connectivity index (χ0n) is 16.8. The molecule has 2 fully saturated rings. The van der Waals surface area contributed by atoms with Crippen molar-refractivity contribution in [1.29, 1.82) is 0 Å². The fourth-order valence-electron chi connectivity index (χ4n) is 3.95. The lowest BCUT2D eigenvalue weighted by Gasteiger charge is -2.20. The fourth-order valence-corrected chi connectivity index (χ4v) is 3.95. The Morgan fingerprint density at radius 3 is 2.64 bits per heavy atom. The molecule has 0 aliphatic carbocycles. The first-order chi connectivity index (χ1) is 13.6. The Bertz CT molecular complexity index is 701. The SMILES string of the molecule is CCc1ccc(N2CC(C(=O)NCCCN3CCCCCC3=O)CC2=O)cc1.